The van der Waals surface area contributed by atoms with Crippen LogP contribution in [0.1, 0.15) is 6.42 Å². The van der Waals surface area contributed by atoms with Crippen LogP contribution in [0.15, 0.2) is 24.0 Å². The first-order chi connectivity index (χ1) is 6.16. The molecule has 4 heteroatoms. The highest BCUT2D eigenvalue weighted by Crippen LogP contribution is 2.27. The van der Waals surface area contributed by atoms with E-state index in [4.69, 9.17) is 5.11 Å². The zero-order chi connectivity index (χ0) is 9.42. The van der Waals surface area contributed by atoms with Gasteiger partial charge in [0, 0.05) is 12.0 Å². The van der Waals surface area contributed by atoms with E-state index in [2.05, 4.69) is 5.32 Å². The molecule has 1 aliphatic carbocycles. The minimum Gasteiger partial charge on any atom is -0.508 e. The largest absolute Gasteiger partial charge is 0.508 e. The number of carboxylic acid groups (broad SMARTS) is 1. The number of nitrogens with one attached hydrogen (secondary N) is 1. The molecule has 0 aromatic rings. The Kier molecular flexibility index (Phi) is 1.84. The van der Waals surface area contributed by atoms with Gasteiger partial charge in [-0.25, -0.2) is 0 Å². The Hall–Kier alpha value is -1.29. The van der Waals surface area contributed by atoms with Crippen LogP contribution < -0.4 is 5.32 Å². The number of carboxylic acids is 1. The van der Waals surface area contributed by atoms with E-state index < -0.39 is 12.0 Å². The van der Waals surface area contributed by atoms with Crippen molar-refractivity contribution in [2.24, 2.45) is 5.92 Å². The first-order valence-corrected chi connectivity index (χ1v) is 4.24. The van der Waals surface area contributed by atoms with Gasteiger partial charge in [0.1, 0.15) is 11.8 Å². The van der Waals surface area contributed by atoms with Crippen LogP contribution in [-0.4, -0.2) is 28.3 Å². The highest BCUT2D eigenvalue weighted by molar-refractivity contribution is 5.74. The summed E-state index contributed by atoms with van der Waals surface area (Å²) in [6, 6.07) is -0.418. The zero-order valence-corrected chi connectivity index (χ0v) is 6.97. The maximum atomic E-state index is 10.7. The highest BCUT2D eigenvalue weighted by atomic mass is 16.4. The molecule has 1 aliphatic heterocycles. The maximum Gasteiger partial charge on any atom is 0.320 e. The Morgan fingerprint density at radius 1 is 1.62 bits per heavy atom. The van der Waals surface area contributed by atoms with Crippen LogP contribution >= 0.6 is 0 Å². The summed E-state index contributed by atoms with van der Waals surface area (Å²) in [6.07, 6.45) is 5.66. The summed E-state index contributed by atoms with van der Waals surface area (Å²) in [5.41, 5.74) is 0. The smallest absolute Gasteiger partial charge is 0.320 e. The topological polar surface area (TPSA) is 69.6 Å². The average molecular weight is 181 g/mol. The van der Waals surface area contributed by atoms with Gasteiger partial charge in [0.05, 0.1) is 0 Å². The standard InChI is InChI=1S/C9H11NO3/c11-6-1-2-7-5(3-6)4-8(10-7)9(12)13/h1-3,5,7-8,10-11H,4H2,(H,12,13). The van der Waals surface area contributed by atoms with Crippen molar-refractivity contribution in [3.05, 3.63) is 24.0 Å². The van der Waals surface area contributed by atoms with Crippen molar-refractivity contribution in [2.75, 3.05) is 0 Å². The van der Waals surface area contributed by atoms with Crippen LogP contribution in [0.25, 0.3) is 0 Å². The summed E-state index contributed by atoms with van der Waals surface area (Å²) in [5, 5.41) is 20.9. The van der Waals surface area contributed by atoms with Gasteiger partial charge in [-0.2, -0.15) is 0 Å². The van der Waals surface area contributed by atoms with Crippen LogP contribution in [0, 0.1) is 5.92 Å². The lowest BCUT2D eigenvalue weighted by Gasteiger charge is -2.15. The number of hydrogen-bond donors (Lipinski definition) is 3. The molecule has 0 aromatic heterocycles. The van der Waals surface area contributed by atoms with Crippen molar-refractivity contribution in [3.8, 4) is 0 Å². The van der Waals surface area contributed by atoms with Crippen LogP contribution in [0.5, 0.6) is 0 Å². The van der Waals surface area contributed by atoms with Gasteiger partial charge in [0.15, 0.2) is 0 Å². The van der Waals surface area contributed by atoms with E-state index in [0.29, 0.717) is 6.42 Å². The van der Waals surface area contributed by atoms with Crippen molar-refractivity contribution in [2.45, 2.75) is 18.5 Å². The van der Waals surface area contributed by atoms with Gasteiger partial charge >= 0.3 is 5.97 Å². The highest BCUT2D eigenvalue weighted by Gasteiger charge is 2.36. The van der Waals surface area contributed by atoms with Crippen molar-refractivity contribution in [1.29, 1.82) is 0 Å². The van der Waals surface area contributed by atoms with Crippen LogP contribution in [0.3, 0.4) is 0 Å². The molecule has 3 atom stereocenters. The Bertz CT molecular complexity index is 295. The van der Waals surface area contributed by atoms with Crippen molar-refractivity contribution >= 4 is 5.97 Å². The summed E-state index contributed by atoms with van der Waals surface area (Å²) in [4.78, 5) is 10.7. The summed E-state index contributed by atoms with van der Waals surface area (Å²) in [7, 11) is 0. The van der Waals surface area contributed by atoms with Crippen molar-refractivity contribution < 1.29 is 15.0 Å². The monoisotopic (exact) mass is 181 g/mol. The van der Waals surface area contributed by atoms with Crippen molar-refractivity contribution in [3.63, 3.8) is 0 Å². The van der Waals surface area contributed by atoms with E-state index in [1.807, 2.05) is 6.08 Å². The third kappa shape index (κ3) is 1.45. The predicted molar refractivity (Wildman–Crippen MR) is 46.3 cm³/mol. The number of hydrogen-bond acceptors (Lipinski definition) is 3. The van der Waals surface area contributed by atoms with Gasteiger partial charge in [-0.3, -0.25) is 10.1 Å². The molecule has 3 N–H and O–H groups in total. The molecule has 13 heavy (non-hydrogen) atoms. The predicted octanol–water partition coefficient (Wildman–Crippen LogP) is 0.429. The van der Waals surface area contributed by atoms with Crippen molar-refractivity contribution in [1.82, 2.24) is 5.32 Å². The first kappa shape index (κ1) is 8.31. The van der Waals surface area contributed by atoms with Gasteiger partial charge in [0.25, 0.3) is 0 Å². The average Bonchev–Trinajstić information content (AvgIpc) is 2.46. The molecule has 4 nitrogen and oxygen atoms in total. The van der Waals surface area contributed by atoms with Gasteiger partial charge in [-0.15, -0.1) is 0 Å². The number of aliphatic carboxylic acids is 1. The van der Waals surface area contributed by atoms with Gasteiger partial charge < -0.3 is 10.2 Å². The molecular formula is C9H11NO3. The van der Waals surface area contributed by atoms with Gasteiger partial charge in [0.2, 0.25) is 0 Å². The molecule has 1 fully saturated rings. The Labute approximate surface area is 75.6 Å². The summed E-state index contributed by atoms with van der Waals surface area (Å²) in [5.74, 6) is -0.476. The van der Waals surface area contributed by atoms with E-state index in [1.165, 1.54) is 0 Å². The minimum absolute atomic E-state index is 0.0667. The molecule has 0 spiro atoms. The number of fused-ring (bicyclic) bond motifs is 1. The van der Waals surface area contributed by atoms with Gasteiger partial charge in [-0.1, -0.05) is 6.08 Å². The molecule has 1 saturated heterocycles. The molecule has 0 amide bonds. The van der Waals surface area contributed by atoms with Gasteiger partial charge in [-0.05, 0) is 18.6 Å². The lowest BCUT2D eigenvalue weighted by molar-refractivity contribution is -0.139. The van der Waals surface area contributed by atoms with Crippen LogP contribution in [0.4, 0.5) is 0 Å². The van der Waals surface area contributed by atoms with Crippen LogP contribution in [0.2, 0.25) is 0 Å². The quantitative estimate of drug-likeness (QED) is 0.548. The number of aliphatic hydroxyl groups is 1. The normalized spacial score (nSPS) is 36.9. The lowest BCUT2D eigenvalue weighted by atomic mass is 9.94. The summed E-state index contributed by atoms with van der Waals surface area (Å²) in [6.45, 7) is 0. The van der Waals surface area contributed by atoms with Crippen LogP contribution in [-0.2, 0) is 4.79 Å². The van der Waals surface area contributed by atoms with E-state index in [0.717, 1.165) is 0 Å². The third-order valence-electron chi connectivity index (χ3n) is 2.52. The Balaban J connectivity index is 2.12. The maximum absolute atomic E-state index is 10.7. The van der Waals surface area contributed by atoms with E-state index >= 15 is 0 Å². The third-order valence-corrected chi connectivity index (χ3v) is 2.52. The molecule has 0 aromatic carbocycles. The number of carbonyl (C=O) groups is 1. The fraction of sp³-hybridized carbons (Fsp3) is 0.444. The first-order valence-electron chi connectivity index (χ1n) is 4.24. The second-order valence-corrected chi connectivity index (χ2v) is 3.43. The molecule has 0 radical (unpaired) electrons. The van der Waals surface area contributed by atoms with E-state index in [-0.39, 0.29) is 17.7 Å². The number of allylic oxidation sites excluding steroid dienone is 1. The summed E-state index contributed by atoms with van der Waals surface area (Å²) >= 11 is 0. The molecule has 2 rings (SSSR count). The fourth-order valence-electron chi connectivity index (χ4n) is 1.86. The molecular weight excluding hydrogens is 170 g/mol. The molecule has 2 aliphatic rings. The minimum atomic E-state index is -0.823. The molecule has 0 saturated carbocycles. The molecule has 0 bridgehead atoms. The summed E-state index contributed by atoms with van der Waals surface area (Å²) < 4.78 is 0. The fourth-order valence-corrected chi connectivity index (χ4v) is 1.86. The molecule has 70 valence electrons. The number of rotatable bonds is 1. The second-order valence-electron chi connectivity index (χ2n) is 3.43. The molecule has 3 unspecified atom stereocenters. The zero-order valence-electron chi connectivity index (χ0n) is 6.97. The number of aliphatic hydroxyl groups excluding tert-OH is 1. The second kappa shape index (κ2) is 2.88. The van der Waals surface area contributed by atoms with E-state index in [1.54, 1.807) is 12.2 Å². The Morgan fingerprint density at radius 3 is 3.08 bits per heavy atom. The van der Waals surface area contributed by atoms with E-state index in [9.17, 15) is 9.90 Å². The molecule has 1 heterocycles. The SMILES string of the molecule is O=C(O)C1CC2C=C(O)C=CC2N1. The lowest BCUT2D eigenvalue weighted by Crippen LogP contribution is -2.35. The Morgan fingerprint density at radius 2 is 2.38 bits per heavy atom.